The molecule has 30 heavy (non-hydrogen) atoms. The van der Waals surface area contributed by atoms with E-state index in [1.165, 1.54) is 17.9 Å². The van der Waals surface area contributed by atoms with Crippen molar-refractivity contribution in [3.63, 3.8) is 0 Å². The number of hydrogen-bond acceptors (Lipinski definition) is 6. The zero-order valence-corrected chi connectivity index (χ0v) is 17.6. The second kappa shape index (κ2) is 8.35. The first-order valence-electron chi connectivity index (χ1n) is 10.1. The number of amides is 2. The van der Waals surface area contributed by atoms with E-state index in [2.05, 4.69) is 10.6 Å². The zero-order valence-electron chi connectivity index (χ0n) is 16.8. The molecule has 0 aliphatic carbocycles. The van der Waals surface area contributed by atoms with Crippen LogP contribution in [-0.4, -0.2) is 65.4 Å². The van der Waals surface area contributed by atoms with Gasteiger partial charge in [-0.15, -0.1) is 0 Å². The van der Waals surface area contributed by atoms with Gasteiger partial charge in [-0.1, -0.05) is 0 Å². The first kappa shape index (κ1) is 20.8. The number of carbonyl (C=O) groups excluding carboxylic acids is 2. The van der Waals surface area contributed by atoms with Gasteiger partial charge < -0.3 is 20.3 Å². The minimum Gasteiger partial charge on any atom is -0.442 e. The summed E-state index contributed by atoms with van der Waals surface area (Å²) in [5.74, 6) is -0.599. The molecular formula is C20H25FN4O4S. The Bertz CT molecular complexity index is 912. The average molecular weight is 437 g/mol. The van der Waals surface area contributed by atoms with E-state index in [0.717, 1.165) is 30.7 Å². The van der Waals surface area contributed by atoms with Gasteiger partial charge in [-0.3, -0.25) is 9.69 Å². The van der Waals surface area contributed by atoms with Crippen LogP contribution in [0.25, 0.3) is 0 Å². The summed E-state index contributed by atoms with van der Waals surface area (Å²) in [5, 5.41) is 6.09. The SMILES string of the molecule is CC(=O)NC[C@H]1CN(c2ccc(N3CCC4(CC3)NCCC4=S=O)c(F)c2)C(=O)O1. The van der Waals surface area contributed by atoms with E-state index < -0.39 is 18.0 Å². The third-order valence-corrected chi connectivity index (χ3v) is 6.90. The zero-order chi connectivity index (χ0) is 21.3. The van der Waals surface area contributed by atoms with Crippen molar-refractivity contribution in [1.29, 1.82) is 0 Å². The minimum atomic E-state index is -0.553. The van der Waals surface area contributed by atoms with Gasteiger partial charge in [-0.2, -0.15) is 0 Å². The molecule has 2 N–H and O–H groups in total. The molecule has 3 heterocycles. The fourth-order valence-electron chi connectivity index (χ4n) is 4.48. The van der Waals surface area contributed by atoms with E-state index in [4.69, 9.17) is 4.74 Å². The monoisotopic (exact) mass is 436 g/mol. The van der Waals surface area contributed by atoms with E-state index in [-0.39, 0.29) is 24.5 Å². The Hall–Kier alpha value is -2.46. The number of anilines is 2. The maximum atomic E-state index is 14.9. The summed E-state index contributed by atoms with van der Waals surface area (Å²) in [5.41, 5.74) is 0.697. The second-order valence-corrected chi connectivity index (χ2v) is 8.60. The lowest BCUT2D eigenvalue weighted by atomic mass is 9.86. The number of nitrogens with zero attached hydrogens (tertiary/aromatic N) is 2. The van der Waals surface area contributed by atoms with Gasteiger partial charge in [0.05, 0.1) is 41.3 Å². The molecule has 2 amide bonds. The Balaban J connectivity index is 1.42. The number of hydrogen-bond donors (Lipinski definition) is 2. The van der Waals surface area contributed by atoms with Gasteiger partial charge in [0.25, 0.3) is 0 Å². The summed E-state index contributed by atoms with van der Waals surface area (Å²) in [6.07, 6.45) is 1.31. The maximum Gasteiger partial charge on any atom is 0.414 e. The maximum absolute atomic E-state index is 14.9. The number of ether oxygens (including phenoxy) is 1. The van der Waals surface area contributed by atoms with Crippen LogP contribution in [0.4, 0.5) is 20.6 Å². The lowest BCUT2D eigenvalue weighted by molar-refractivity contribution is -0.119. The lowest BCUT2D eigenvalue weighted by Crippen LogP contribution is -2.54. The molecule has 1 aromatic rings. The highest BCUT2D eigenvalue weighted by molar-refractivity contribution is 7.66. The van der Waals surface area contributed by atoms with Gasteiger partial charge in [-0.25, -0.2) is 13.4 Å². The molecule has 3 aliphatic heterocycles. The molecule has 3 fully saturated rings. The Kier molecular flexibility index (Phi) is 5.79. The van der Waals surface area contributed by atoms with E-state index in [9.17, 15) is 18.2 Å². The number of benzene rings is 1. The van der Waals surface area contributed by atoms with Crippen LogP contribution in [0.2, 0.25) is 0 Å². The van der Waals surface area contributed by atoms with Gasteiger partial charge in [0, 0.05) is 31.4 Å². The van der Waals surface area contributed by atoms with Crippen molar-refractivity contribution in [2.75, 3.05) is 42.5 Å². The van der Waals surface area contributed by atoms with Crippen molar-refractivity contribution in [2.24, 2.45) is 0 Å². The quantitative estimate of drug-likeness (QED) is 0.685. The highest BCUT2D eigenvalue weighted by Gasteiger charge is 2.42. The van der Waals surface area contributed by atoms with Gasteiger partial charge in [0.1, 0.15) is 11.9 Å². The molecular weight excluding hydrogens is 411 g/mol. The largest absolute Gasteiger partial charge is 0.442 e. The molecule has 3 saturated heterocycles. The van der Waals surface area contributed by atoms with Crippen LogP contribution in [0.15, 0.2) is 18.2 Å². The molecule has 1 atom stereocenters. The number of carbonyl (C=O) groups is 2. The first-order chi connectivity index (χ1) is 14.4. The highest BCUT2D eigenvalue weighted by Crippen LogP contribution is 2.33. The molecule has 1 spiro atoms. The first-order valence-corrected chi connectivity index (χ1v) is 10.8. The van der Waals surface area contributed by atoms with Crippen LogP contribution < -0.4 is 20.4 Å². The van der Waals surface area contributed by atoms with Crippen LogP contribution in [0, 0.1) is 5.82 Å². The number of halogens is 1. The predicted octanol–water partition coefficient (Wildman–Crippen LogP) is 1.00. The van der Waals surface area contributed by atoms with E-state index in [1.54, 1.807) is 12.1 Å². The highest BCUT2D eigenvalue weighted by atomic mass is 32.1. The minimum absolute atomic E-state index is 0.199. The van der Waals surface area contributed by atoms with Crippen LogP contribution >= 0.6 is 0 Å². The third kappa shape index (κ3) is 3.93. The molecule has 0 unspecified atom stereocenters. The summed E-state index contributed by atoms with van der Waals surface area (Å²) in [7, 11) is 0. The topological polar surface area (TPSA) is 91.0 Å². The smallest absolute Gasteiger partial charge is 0.414 e. The Morgan fingerprint density at radius 1 is 1.40 bits per heavy atom. The summed E-state index contributed by atoms with van der Waals surface area (Å²) < 4.78 is 31.6. The van der Waals surface area contributed by atoms with Crippen molar-refractivity contribution >= 4 is 39.5 Å². The summed E-state index contributed by atoms with van der Waals surface area (Å²) in [4.78, 5) is 27.5. The van der Waals surface area contributed by atoms with Crippen LogP contribution in [0.5, 0.6) is 0 Å². The van der Waals surface area contributed by atoms with Crippen LogP contribution in [-0.2, 0) is 20.8 Å². The van der Waals surface area contributed by atoms with Gasteiger partial charge in [-0.05, 0) is 37.5 Å². The normalized spacial score (nSPS) is 23.1. The van der Waals surface area contributed by atoms with Crippen LogP contribution in [0.3, 0.4) is 0 Å². The van der Waals surface area contributed by atoms with E-state index in [0.29, 0.717) is 35.7 Å². The molecule has 10 heteroatoms. The summed E-state index contributed by atoms with van der Waals surface area (Å²) >= 11 is 0.598. The predicted molar refractivity (Wildman–Crippen MR) is 113 cm³/mol. The van der Waals surface area contributed by atoms with Crippen molar-refractivity contribution in [3.05, 3.63) is 24.0 Å². The third-order valence-electron chi connectivity index (χ3n) is 6.10. The Labute approximate surface area is 177 Å². The molecule has 4 rings (SSSR count). The molecule has 0 aromatic heterocycles. The van der Waals surface area contributed by atoms with Crippen molar-refractivity contribution in [3.8, 4) is 0 Å². The van der Waals surface area contributed by atoms with E-state index in [1.807, 2.05) is 4.90 Å². The van der Waals surface area contributed by atoms with Crippen LogP contribution in [0.1, 0.15) is 26.2 Å². The molecule has 3 aliphatic rings. The van der Waals surface area contributed by atoms with Crippen molar-refractivity contribution in [2.45, 2.75) is 37.8 Å². The fourth-order valence-corrected chi connectivity index (χ4v) is 5.10. The summed E-state index contributed by atoms with van der Waals surface area (Å²) in [6.45, 7) is 3.99. The van der Waals surface area contributed by atoms with Gasteiger partial charge in [0.2, 0.25) is 5.91 Å². The average Bonchev–Trinajstić information content (AvgIpc) is 3.30. The number of cyclic esters (lactones) is 1. The number of piperidine rings is 1. The molecule has 162 valence electrons. The Morgan fingerprint density at radius 3 is 2.83 bits per heavy atom. The van der Waals surface area contributed by atoms with Gasteiger partial charge >= 0.3 is 6.09 Å². The lowest BCUT2D eigenvalue weighted by Gasteiger charge is -2.40. The molecule has 1 aromatic carbocycles. The van der Waals surface area contributed by atoms with E-state index >= 15 is 0 Å². The molecule has 0 saturated carbocycles. The fraction of sp³-hybridized carbons (Fsp3) is 0.550. The van der Waals surface area contributed by atoms with Crippen molar-refractivity contribution in [1.82, 2.24) is 10.6 Å². The molecule has 0 radical (unpaired) electrons. The second-order valence-electron chi connectivity index (χ2n) is 7.94. The number of rotatable bonds is 4. The summed E-state index contributed by atoms with van der Waals surface area (Å²) in [6, 6.07) is 4.75. The standard InChI is InChI=1S/C20H25FN4O4S/c1-13(26)22-11-15-12-25(19(27)29-15)14-2-3-17(16(21)10-14)24-8-5-20(6-9-24)18(30-28)4-7-23-20/h2-3,10,15,23H,4-9,11-12H2,1H3,(H,22,26)/t15-/m0/s1. The van der Waals surface area contributed by atoms with Gasteiger partial charge in [0.15, 0.2) is 0 Å². The van der Waals surface area contributed by atoms with Crippen molar-refractivity contribution < 1.29 is 22.9 Å². The molecule has 0 bridgehead atoms. The molecule has 8 nitrogen and oxygen atoms in total. The Morgan fingerprint density at radius 2 is 2.17 bits per heavy atom. The number of nitrogens with one attached hydrogen (secondary N) is 2.